The summed E-state index contributed by atoms with van der Waals surface area (Å²) in [6, 6.07) is 16.3. The van der Waals surface area contributed by atoms with Crippen molar-refractivity contribution in [2.75, 3.05) is 0 Å². The number of rotatable bonds is 3. The summed E-state index contributed by atoms with van der Waals surface area (Å²) in [7, 11) is 0. The molecule has 0 fully saturated rings. The van der Waals surface area contributed by atoms with Gasteiger partial charge in [0, 0.05) is 11.1 Å². The number of hydrogen-bond acceptors (Lipinski definition) is 1. The highest BCUT2D eigenvalue weighted by atomic mass is 35.5. The summed E-state index contributed by atoms with van der Waals surface area (Å²) in [4.78, 5) is 0. The van der Waals surface area contributed by atoms with Crippen LogP contribution in [0.3, 0.4) is 0 Å². The predicted octanol–water partition coefficient (Wildman–Crippen LogP) is 4.42. The zero-order valence-electron chi connectivity index (χ0n) is 9.86. The quantitative estimate of drug-likeness (QED) is 0.851. The molecule has 2 aromatic carbocycles. The first-order valence-electron chi connectivity index (χ1n) is 5.82. The Morgan fingerprint density at radius 1 is 1.06 bits per heavy atom. The van der Waals surface area contributed by atoms with Gasteiger partial charge in [-0.2, -0.15) is 0 Å². The van der Waals surface area contributed by atoms with Gasteiger partial charge < -0.3 is 5.73 Å². The van der Waals surface area contributed by atoms with Crippen LogP contribution in [0.1, 0.15) is 24.9 Å². The second kappa shape index (κ2) is 5.35. The average molecular weight is 246 g/mol. The van der Waals surface area contributed by atoms with Gasteiger partial charge in [0.2, 0.25) is 0 Å². The maximum atomic E-state index is 6.04. The summed E-state index contributed by atoms with van der Waals surface area (Å²) in [5.41, 5.74) is 9.57. The normalized spacial score (nSPS) is 12.4. The summed E-state index contributed by atoms with van der Waals surface area (Å²) in [5.74, 6) is 0. The van der Waals surface area contributed by atoms with E-state index in [9.17, 15) is 0 Å². The van der Waals surface area contributed by atoms with Crippen molar-refractivity contribution >= 4 is 11.6 Å². The van der Waals surface area contributed by atoms with Crippen molar-refractivity contribution in [3.8, 4) is 11.1 Å². The van der Waals surface area contributed by atoms with Gasteiger partial charge in [0.25, 0.3) is 0 Å². The summed E-state index contributed by atoms with van der Waals surface area (Å²) >= 11 is 5.88. The first-order chi connectivity index (χ1) is 8.20. The molecule has 0 heterocycles. The second-order valence-electron chi connectivity index (χ2n) is 4.15. The SMILES string of the molecule is CCC(N)c1cccc(-c2ccc(Cl)cc2)c1. The van der Waals surface area contributed by atoms with Crippen molar-refractivity contribution in [3.63, 3.8) is 0 Å². The van der Waals surface area contributed by atoms with E-state index < -0.39 is 0 Å². The summed E-state index contributed by atoms with van der Waals surface area (Å²) in [6.45, 7) is 2.10. The van der Waals surface area contributed by atoms with E-state index in [1.165, 1.54) is 16.7 Å². The largest absolute Gasteiger partial charge is 0.324 e. The van der Waals surface area contributed by atoms with Crippen LogP contribution in [-0.2, 0) is 0 Å². The minimum Gasteiger partial charge on any atom is -0.324 e. The van der Waals surface area contributed by atoms with Crippen LogP contribution < -0.4 is 5.73 Å². The zero-order valence-corrected chi connectivity index (χ0v) is 10.6. The van der Waals surface area contributed by atoms with Gasteiger partial charge in [0.15, 0.2) is 0 Å². The molecule has 0 bridgehead atoms. The Hall–Kier alpha value is -1.31. The smallest absolute Gasteiger partial charge is 0.0406 e. The third-order valence-corrected chi connectivity index (χ3v) is 3.18. The van der Waals surface area contributed by atoms with Crippen molar-refractivity contribution < 1.29 is 0 Å². The molecular formula is C15H16ClN. The van der Waals surface area contributed by atoms with Crippen LogP contribution >= 0.6 is 11.6 Å². The Labute approximate surface area is 107 Å². The van der Waals surface area contributed by atoms with Crippen LogP contribution in [0.15, 0.2) is 48.5 Å². The van der Waals surface area contributed by atoms with Gasteiger partial charge in [-0.25, -0.2) is 0 Å². The molecule has 2 aromatic rings. The van der Waals surface area contributed by atoms with Crippen LogP contribution in [0.25, 0.3) is 11.1 Å². The van der Waals surface area contributed by atoms with Gasteiger partial charge in [0.1, 0.15) is 0 Å². The van der Waals surface area contributed by atoms with E-state index in [2.05, 4.69) is 31.2 Å². The second-order valence-corrected chi connectivity index (χ2v) is 4.58. The molecule has 0 radical (unpaired) electrons. The molecule has 0 aliphatic heterocycles. The maximum Gasteiger partial charge on any atom is 0.0406 e. The van der Waals surface area contributed by atoms with Crippen molar-refractivity contribution in [1.82, 2.24) is 0 Å². The van der Waals surface area contributed by atoms with Crippen LogP contribution in [-0.4, -0.2) is 0 Å². The molecule has 1 nitrogen and oxygen atoms in total. The molecule has 2 N–H and O–H groups in total. The Balaban J connectivity index is 2.36. The molecule has 0 aromatic heterocycles. The minimum absolute atomic E-state index is 0.113. The lowest BCUT2D eigenvalue weighted by atomic mass is 9.99. The lowest BCUT2D eigenvalue weighted by Crippen LogP contribution is -2.08. The van der Waals surface area contributed by atoms with Crippen molar-refractivity contribution in [2.24, 2.45) is 5.73 Å². The molecule has 0 aliphatic carbocycles. The highest BCUT2D eigenvalue weighted by molar-refractivity contribution is 6.30. The van der Waals surface area contributed by atoms with Gasteiger partial charge in [-0.05, 0) is 41.3 Å². The Bertz CT molecular complexity index is 491. The topological polar surface area (TPSA) is 26.0 Å². The van der Waals surface area contributed by atoms with E-state index in [0.29, 0.717) is 0 Å². The molecule has 0 amide bonds. The molecule has 0 aliphatic rings. The van der Waals surface area contributed by atoms with Crippen LogP contribution in [0, 0.1) is 0 Å². The Morgan fingerprint density at radius 3 is 2.41 bits per heavy atom. The molecule has 0 spiro atoms. The van der Waals surface area contributed by atoms with Crippen molar-refractivity contribution in [3.05, 3.63) is 59.1 Å². The van der Waals surface area contributed by atoms with Crippen LogP contribution in [0.4, 0.5) is 0 Å². The monoisotopic (exact) mass is 245 g/mol. The molecule has 1 atom stereocenters. The number of nitrogens with two attached hydrogens (primary N) is 1. The Morgan fingerprint density at radius 2 is 1.76 bits per heavy atom. The molecule has 2 heteroatoms. The lowest BCUT2D eigenvalue weighted by molar-refractivity contribution is 0.699. The number of benzene rings is 2. The number of hydrogen-bond donors (Lipinski definition) is 1. The van der Waals surface area contributed by atoms with E-state index in [0.717, 1.165) is 11.4 Å². The lowest BCUT2D eigenvalue weighted by Gasteiger charge is -2.11. The first-order valence-corrected chi connectivity index (χ1v) is 6.20. The molecule has 0 saturated carbocycles. The summed E-state index contributed by atoms with van der Waals surface area (Å²) in [5, 5.41) is 0.759. The zero-order chi connectivity index (χ0) is 12.3. The summed E-state index contributed by atoms with van der Waals surface area (Å²) in [6.07, 6.45) is 0.948. The average Bonchev–Trinajstić information content (AvgIpc) is 2.39. The third kappa shape index (κ3) is 2.87. The van der Waals surface area contributed by atoms with E-state index in [4.69, 9.17) is 17.3 Å². The first kappa shape index (κ1) is 12.2. The minimum atomic E-state index is 0.113. The van der Waals surface area contributed by atoms with E-state index in [1.807, 2.05) is 24.3 Å². The van der Waals surface area contributed by atoms with Crippen molar-refractivity contribution in [2.45, 2.75) is 19.4 Å². The fourth-order valence-corrected chi connectivity index (χ4v) is 1.95. The van der Waals surface area contributed by atoms with Gasteiger partial charge in [-0.15, -0.1) is 0 Å². The molecule has 1 unspecified atom stereocenters. The fraction of sp³-hybridized carbons (Fsp3) is 0.200. The van der Waals surface area contributed by atoms with Gasteiger partial charge in [-0.3, -0.25) is 0 Å². The number of halogens is 1. The highest BCUT2D eigenvalue weighted by Gasteiger charge is 2.04. The van der Waals surface area contributed by atoms with E-state index in [-0.39, 0.29) is 6.04 Å². The third-order valence-electron chi connectivity index (χ3n) is 2.93. The van der Waals surface area contributed by atoms with Gasteiger partial charge >= 0.3 is 0 Å². The van der Waals surface area contributed by atoms with Gasteiger partial charge in [-0.1, -0.05) is 48.9 Å². The predicted molar refractivity (Wildman–Crippen MR) is 74.1 cm³/mol. The van der Waals surface area contributed by atoms with Gasteiger partial charge in [0.05, 0.1) is 0 Å². The van der Waals surface area contributed by atoms with Crippen LogP contribution in [0.5, 0.6) is 0 Å². The van der Waals surface area contributed by atoms with Crippen LogP contribution in [0.2, 0.25) is 5.02 Å². The highest BCUT2D eigenvalue weighted by Crippen LogP contribution is 2.24. The van der Waals surface area contributed by atoms with Crippen molar-refractivity contribution in [1.29, 1.82) is 0 Å². The molecule has 17 heavy (non-hydrogen) atoms. The van der Waals surface area contributed by atoms with E-state index >= 15 is 0 Å². The molecular weight excluding hydrogens is 230 g/mol. The summed E-state index contributed by atoms with van der Waals surface area (Å²) < 4.78 is 0. The molecule has 2 rings (SSSR count). The molecule has 88 valence electrons. The van der Waals surface area contributed by atoms with E-state index in [1.54, 1.807) is 0 Å². The standard InChI is InChI=1S/C15H16ClN/c1-2-15(17)13-5-3-4-12(10-13)11-6-8-14(16)9-7-11/h3-10,15H,2,17H2,1H3. The Kier molecular flexibility index (Phi) is 3.82. The fourth-order valence-electron chi connectivity index (χ4n) is 1.83. The molecule has 0 saturated heterocycles. The maximum absolute atomic E-state index is 6.04.